The second-order valence-electron chi connectivity index (χ2n) is 6.60. The van der Waals surface area contributed by atoms with Crippen LogP contribution in [0.15, 0.2) is 64.6 Å². The molecule has 5 nitrogen and oxygen atoms in total. The van der Waals surface area contributed by atoms with Gasteiger partial charge in [0.15, 0.2) is 11.0 Å². The number of anilines is 1. The molecule has 0 N–H and O–H groups in total. The summed E-state index contributed by atoms with van der Waals surface area (Å²) in [7, 11) is -0.183. The normalized spacial score (nSPS) is 16.1. The van der Waals surface area contributed by atoms with E-state index in [1.165, 1.54) is 20.0 Å². The van der Waals surface area contributed by atoms with Gasteiger partial charge in [-0.25, -0.2) is 9.00 Å². The molecule has 142 valence electrons. The zero-order chi connectivity index (χ0) is 19.2. The first kappa shape index (κ1) is 19.3. The van der Waals surface area contributed by atoms with Crippen molar-refractivity contribution in [3.05, 3.63) is 60.2 Å². The topological polar surface area (TPSA) is 59.0 Å². The number of hydrazone groups is 1. The Labute approximate surface area is 162 Å². The van der Waals surface area contributed by atoms with Crippen LogP contribution in [0.5, 0.6) is 0 Å². The molecule has 1 aliphatic carbocycles. The summed E-state index contributed by atoms with van der Waals surface area (Å²) in [5.41, 5.74) is 2.20. The lowest BCUT2D eigenvalue weighted by Crippen LogP contribution is -2.23. The maximum absolute atomic E-state index is 13.3. The number of para-hydroxylation sites is 1. The maximum Gasteiger partial charge on any atom is 0.337 e. The lowest BCUT2D eigenvalue weighted by atomic mass is 10.0. The van der Waals surface area contributed by atoms with E-state index in [9.17, 15) is 9.00 Å². The summed E-state index contributed by atoms with van der Waals surface area (Å²) in [5, 5.41) is 4.74. The monoisotopic (exact) mass is 384 g/mol. The van der Waals surface area contributed by atoms with E-state index in [0.717, 1.165) is 24.2 Å². The van der Waals surface area contributed by atoms with Crippen molar-refractivity contribution in [1.82, 2.24) is 0 Å². The van der Waals surface area contributed by atoms with E-state index < -0.39 is 17.0 Å². The van der Waals surface area contributed by atoms with Gasteiger partial charge in [0.2, 0.25) is 0 Å². The third-order valence-electron chi connectivity index (χ3n) is 4.81. The van der Waals surface area contributed by atoms with E-state index in [-0.39, 0.29) is 0 Å². The number of esters is 1. The molecule has 0 amide bonds. The van der Waals surface area contributed by atoms with Crippen LogP contribution in [0.1, 0.15) is 43.0 Å². The number of benzene rings is 2. The number of nitrogens with zero attached hydrogens (tertiary/aromatic N) is 2. The van der Waals surface area contributed by atoms with Gasteiger partial charge in [0.05, 0.1) is 23.3 Å². The number of hydrogen-bond acceptors (Lipinski definition) is 4. The van der Waals surface area contributed by atoms with Crippen molar-refractivity contribution in [3.8, 4) is 0 Å². The molecular weight excluding hydrogens is 360 g/mol. The third kappa shape index (κ3) is 4.63. The minimum Gasteiger partial charge on any atom is -0.465 e. The van der Waals surface area contributed by atoms with Gasteiger partial charge in [-0.15, -0.1) is 0 Å². The molecule has 3 rings (SSSR count). The van der Waals surface area contributed by atoms with Crippen LogP contribution < -0.4 is 4.41 Å². The van der Waals surface area contributed by atoms with E-state index in [4.69, 9.17) is 9.84 Å². The first-order chi connectivity index (χ1) is 13.1. The summed E-state index contributed by atoms with van der Waals surface area (Å²) in [5.74, 6) is 0.0391. The average molecular weight is 385 g/mol. The van der Waals surface area contributed by atoms with Crippen molar-refractivity contribution in [2.24, 2.45) is 11.0 Å². The molecule has 1 aliphatic rings. The molecule has 27 heavy (non-hydrogen) atoms. The van der Waals surface area contributed by atoms with Crippen LogP contribution >= 0.6 is 0 Å². The van der Waals surface area contributed by atoms with Crippen LogP contribution in [-0.4, -0.2) is 23.0 Å². The van der Waals surface area contributed by atoms with Gasteiger partial charge in [-0.1, -0.05) is 31.0 Å². The smallest absolute Gasteiger partial charge is 0.337 e. The van der Waals surface area contributed by atoms with Crippen molar-refractivity contribution in [2.45, 2.75) is 37.5 Å². The Morgan fingerprint density at radius 3 is 2.30 bits per heavy atom. The van der Waals surface area contributed by atoms with Crippen molar-refractivity contribution in [2.75, 3.05) is 11.5 Å². The van der Waals surface area contributed by atoms with Crippen LogP contribution in [-0.2, 0) is 15.7 Å². The Bertz CT molecular complexity index is 828. The number of carbonyl (C=O) groups excluding carboxylic acids is 1. The zero-order valence-corrected chi connectivity index (χ0v) is 16.4. The Hall–Kier alpha value is -2.47. The van der Waals surface area contributed by atoms with Crippen molar-refractivity contribution < 1.29 is 13.7 Å². The van der Waals surface area contributed by atoms with Crippen LogP contribution in [0.25, 0.3) is 0 Å². The summed E-state index contributed by atoms with van der Waals surface area (Å²) in [4.78, 5) is 12.2. The molecule has 0 heterocycles. The SMILES string of the molecule is COC(=O)c1ccc(S(=O)N(/N=C(\C)C2CCCC2)c2ccccc2)cc1. The zero-order valence-electron chi connectivity index (χ0n) is 15.6. The first-order valence-corrected chi connectivity index (χ1v) is 10.2. The van der Waals surface area contributed by atoms with Gasteiger partial charge in [-0.05, 0) is 62.1 Å². The average Bonchev–Trinajstić information content (AvgIpc) is 3.26. The van der Waals surface area contributed by atoms with Gasteiger partial charge in [-0.3, -0.25) is 0 Å². The fourth-order valence-corrected chi connectivity index (χ4v) is 4.32. The highest BCUT2D eigenvalue weighted by Gasteiger charge is 2.22. The molecule has 0 spiro atoms. The highest BCUT2D eigenvalue weighted by Crippen LogP contribution is 2.28. The summed E-state index contributed by atoms with van der Waals surface area (Å²) >= 11 is 0. The van der Waals surface area contributed by atoms with Gasteiger partial charge < -0.3 is 4.74 Å². The highest BCUT2D eigenvalue weighted by molar-refractivity contribution is 7.86. The lowest BCUT2D eigenvalue weighted by molar-refractivity contribution is 0.0600. The number of ether oxygens (including phenoxy) is 1. The molecule has 2 aromatic rings. The molecule has 0 aliphatic heterocycles. The molecule has 0 aromatic heterocycles. The summed E-state index contributed by atoms with van der Waals surface area (Å²) in [6.07, 6.45) is 4.72. The van der Waals surface area contributed by atoms with E-state index in [1.807, 2.05) is 37.3 Å². The Morgan fingerprint density at radius 1 is 1.07 bits per heavy atom. The Balaban J connectivity index is 1.91. The Morgan fingerprint density at radius 2 is 1.70 bits per heavy atom. The quantitative estimate of drug-likeness (QED) is 0.416. The van der Waals surface area contributed by atoms with E-state index in [2.05, 4.69) is 0 Å². The van der Waals surface area contributed by atoms with Crippen LogP contribution in [0.4, 0.5) is 5.69 Å². The fraction of sp³-hybridized carbons (Fsp3) is 0.333. The van der Waals surface area contributed by atoms with Gasteiger partial charge in [-0.2, -0.15) is 9.52 Å². The molecule has 6 heteroatoms. The maximum atomic E-state index is 13.3. The molecular formula is C21H24N2O3S. The largest absolute Gasteiger partial charge is 0.465 e. The van der Waals surface area contributed by atoms with Crippen molar-refractivity contribution in [1.29, 1.82) is 0 Å². The number of rotatable bonds is 6. The fourth-order valence-electron chi connectivity index (χ4n) is 3.24. The molecule has 1 saturated carbocycles. The predicted octanol–water partition coefficient (Wildman–Crippen LogP) is 4.57. The van der Waals surface area contributed by atoms with Crippen molar-refractivity contribution in [3.63, 3.8) is 0 Å². The standard InChI is InChI=1S/C21H24N2O3S/c1-16(17-8-6-7-9-17)22-23(19-10-4-3-5-11-19)27(25)20-14-12-18(13-15-20)21(24)26-2/h3-5,10-15,17H,6-9H2,1-2H3/b22-16+. The van der Waals surface area contributed by atoms with Crippen LogP contribution in [0.3, 0.4) is 0 Å². The van der Waals surface area contributed by atoms with Gasteiger partial charge in [0, 0.05) is 5.71 Å². The molecule has 1 atom stereocenters. The van der Waals surface area contributed by atoms with Gasteiger partial charge >= 0.3 is 5.97 Å². The van der Waals surface area contributed by atoms with Gasteiger partial charge in [0.25, 0.3) is 0 Å². The lowest BCUT2D eigenvalue weighted by Gasteiger charge is -2.20. The summed E-state index contributed by atoms with van der Waals surface area (Å²) in [6.45, 7) is 2.02. The third-order valence-corrected chi connectivity index (χ3v) is 6.09. The van der Waals surface area contributed by atoms with Crippen LogP contribution in [0.2, 0.25) is 0 Å². The number of carbonyl (C=O) groups is 1. The number of methoxy groups -OCH3 is 1. The van der Waals surface area contributed by atoms with E-state index in [0.29, 0.717) is 16.4 Å². The molecule has 2 aromatic carbocycles. The number of hydrogen-bond donors (Lipinski definition) is 0. The second kappa shape index (κ2) is 8.95. The van der Waals surface area contributed by atoms with Crippen LogP contribution in [0, 0.1) is 5.92 Å². The molecule has 0 radical (unpaired) electrons. The Kier molecular flexibility index (Phi) is 6.40. The minimum absolute atomic E-state index is 0.414. The summed E-state index contributed by atoms with van der Waals surface area (Å²) < 4.78 is 19.5. The molecule has 1 unspecified atom stereocenters. The van der Waals surface area contributed by atoms with E-state index in [1.54, 1.807) is 28.7 Å². The summed E-state index contributed by atoms with van der Waals surface area (Å²) in [6, 6.07) is 16.1. The van der Waals surface area contributed by atoms with Gasteiger partial charge in [0.1, 0.15) is 0 Å². The second-order valence-corrected chi connectivity index (χ2v) is 7.91. The molecule has 0 saturated heterocycles. The first-order valence-electron chi connectivity index (χ1n) is 9.10. The molecule has 1 fully saturated rings. The van der Waals surface area contributed by atoms with Crippen molar-refractivity contribution >= 4 is 28.4 Å². The van der Waals surface area contributed by atoms with E-state index >= 15 is 0 Å². The predicted molar refractivity (Wildman–Crippen MR) is 108 cm³/mol. The minimum atomic E-state index is -1.52. The molecule has 0 bridgehead atoms. The highest BCUT2D eigenvalue weighted by atomic mass is 32.2.